The first-order valence-corrected chi connectivity index (χ1v) is 14.7. The van der Waals surface area contributed by atoms with Crippen LogP contribution in [0, 0.1) is 5.92 Å². The minimum absolute atomic E-state index is 0.0173. The molecular weight excluding hydrogens is 522 g/mol. The van der Waals surface area contributed by atoms with Gasteiger partial charge in [-0.3, -0.25) is 9.59 Å². The van der Waals surface area contributed by atoms with Crippen molar-refractivity contribution in [3.8, 4) is 11.1 Å². The summed E-state index contributed by atoms with van der Waals surface area (Å²) in [6.45, 7) is 4.47. The van der Waals surface area contributed by atoms with E-state index in [1.807, 2.05) is 24.3 Å². The highest BCUT2D eigenvalue weighted by atomic mass is 32.1. The van der Waals surface area contributed by atoms with Gasteiger partial charge in [-0.25, -0.2) is 0 Å². The molecule has 4 heterocycles. The molecule has 2 saturated heterocycles. The molecule has 2 fully saturated rings. The molecule has 2 aliphatic heterocycles. The lowest BCUT2D eigenvalue weighted by atomic mass is 9.97. The molecule has 5 aromatic rings. The fourth-order valence-corrected chi connectivity index (χ4v) is 7.24. The molecule has 8 heteroatoms. The topological polar surface area (TPSA) is 75.0 Å². The van der Waals surface area contributed by atoms with Gasteiger partial charge >= 0.3 is 0 Å². The molecule has 1 amide bonds. The zero-order chi connectivity index (χ0) is 27.2. The van der Waals surface area contributed by atoms with Crippen LogP contribution in [0.5, 0.6) is 0 Å². The first kappa shape index (κ1) is 25.3. The third-order valence-corrected chi connectivity index (χ3v) is 9.33. The number of likely N-dealkylation sites (tertiary alicyclic amines) is 1. The van der Waals surface area contributed by atoms with Crippen LogP contribution in [0.1, 0.15) is 12.8 Å². The van der Waals surface area contributed by atoms with Gasteiger partial charge in [0, 0.05) is 62.7 Å². The van der Waals surface area contributed by atoms with E-state index in [4.69, 9.17) is 9.15 Å². The zero-order valence-corrected chi connectivity index (χ0v) is 23.3. The fourth-order valence-electron chi connectivity index (χ4n) is 6.03. The van der Waals surface area contributed by atoms with E-state index < -0.39 is 0 Å². The van der Waals surface area contributed by atoms with Crippen molar-refractivity contribution >= 4 is 60.0 Å². The Morgan fingerprint density at radius 1 is 0.950 bits per heavy atom. The van der Waals surface area contributed by atoms with Gasteiger partial charge in [0.05, 0.1) is 24.5 Å². The highest BCUT2D eigenvalue weighted by Crippen LogP contribution is 2.42. The average molecular weight is 554 g/mol. The van der Waals surface area contributed by atoms with Crippen LogP contribution >= 0.6 is 11.3 Å². The van der Waals surface area contributed by atoms with Crippen molar-refractivity contribution in [3.63, 3.8) is 0 Å². The molecule has 7 rings (SSSR count). The highest BCUT2D eigenvalue weighted by molar-refractivity contribution is 7.26. The minimum atomic E-state index is -0.0438. The molecular formula is C32H31N3O4S. The number of benzene rings is 3. The van der Waals surface area contributed by atoms with Gasteiger partial charge in [0.1, 0.15) is 5.58 Å². The standard InChI is InChI=1S/C32H31N3O4S/c1-34-12-4-5-20(19-34)32(37)33-21-10-11-28-26(17-21)24-8-3-7-23(31(24)40-28)22-6-2-9-25-27(36)18-29(39-30(22)25)35-13-15-38-16-14-35/h2-3,6-11,17-18,20H,4-5,12-16,19H2,1H3,(H,33,37)/t20-/m1/s1. The number of thiophene rings is 1. The van der Waals surface area contributed by atoms with Gasteiger partial charge in [-0.1, -0.05) is 30.3 Å². The monoisotopic (exact) mass is 553 g/mol. The number of hydrogen-bond acceptors (Lipinski definition) is 7. The van der Waals surface area contributed by atoms with Crippen LogP contribution in [-0.4, -0.2) is 57.2 Å². The Kier molecular flexibility index (Phi) is 6.54. The smallest absolute Gasteiger partial charge is 0.228 e. The summed E-state index contributed by atoms with van der Waals surface area (Å²) in [7, 11) is 2.07. The number of anilines is 2. The third kappa shape index (κ3) is 4.56. The van der Waals surface area contributed by atoms with E-state index in [1.54, 1.807) is 17.4 Å². The SMILES string of the molecule is CN1CCC[C@@H](C(=O)Nc2ccc3sc4c(-c5cccc6c(=O)cc(N7CCOCC7)oc56)cccc4c3c2)C1. The second-order valence-electron chi connectivity index (χ2n) is 10.8. The zero-order valence-electron chi connectivity index (χ0n) is 22.4. The second-order valence-corrected chi connectivity index (χ2v) is 11.9. The minimum Gasteiger partial charge on any atom is -0.440 e. The average Bonchev–Trinajstić information content (AvgIpc) is 3.35. The Morgan fingerprint density at radius 3 is 2.58 bits per heavy atom. The number of rotatable bonds is 4. The Hall–Kier alpha value is -3.72. The van der Waals surface area contributed by atoms with Crippen LogP contribution in [0.25, 0.3) is 42.3 Å². The van der Waals surface area contributed by atoms with E-state index in [0.29, 0.717) is 43.2 Å². The summed E-state index contributed by atoms with van der Waals surface area (Å²) in [5.74, 6) is 0.693. The van der Waals surface area contributed by atoms with Crippen molar-refractivity contribution in [1.82, 2.24) is 4.90 Å². The molecule has 3 aromatic carbocycles. The van der Waals surface area contributed by atoms with Crippen molar-refractivity contribution in [2.45, 2.75) is 12.8 Å². The van der Waals surface area contributed by atoms with Crippen molar-refractivity contribution in [1.29, 1.82) is 0 Å². The van der Waals surface area contributed by atoms with Crippen LogP contribution in [0.15, 0.2) is 69.9 Å². The fraction of sp³-hybridized carbons (Fsp3) is 0.312. The molecule has 0 aliphatic carbocycles. The van der Waals surface area contributed by atoms with Crippen molar-refractivity contribution in [3.05, 3.63) is 70.9 Å². The maximum absolute atomic E-state index is 13.1. The molecule has 7 nitrogen and oxygen atoms in total. The molecule has 0 bridgehead atoms. The van der Waals surface area contributed by atoms with Crippen LogP contribution < -0.4 is 15.6 Å². The molecule has 0 spiro atoms. The van der Waals surface area contributed by atoms with Gasteiger partial charge in [0.25, 0.3) is 0 Å². The van der Waals surface area contributed by atoms with E-state index in [0.717, 1.165) is 62.9 Å². The number of morpholine rings is 1. The summed E-state index contributed by atoms with van der Waals surface area (Å²) in [6, 6.07) is 19.8. The van der Waals surface area contributed by atoms with Crippen LogP contribution in [0.3, 0.4) is 0 Å². The van der Waals surface area contributed by atoms with Gasteiger partial charge in [-0.05, 0) is 50.7 Å². The largest absolute Gasteiger partial charge is 0.440 e. The third-order valence-electron chi connectivity index (χ3n) is 8.11. The van der Waals surface area contributed by atoms with E-state index in [-0.39, 0.29) is 17.3 Å². The quantitative estimate of drug-likeness (QED) is 0.297. The number of carbonyl (C=O) groups excluding carboxylic acids is 1. The van der Waals surface area contributed by atoms with Crippen LogP contribution in [0.2, 0.25) is 0 Å². The lowest BCUT2D eigenvalue weighted by Gasteiger charge is -2.28. The van der Waals surface area contributed by atoms with Crippen LogP contribution in [0.4, 0.5) is 11.6 Å². The van der Waals surface area contributed by atoms with E-state index in [1.165, 1.54) is 0 Å². The molecule has 1 atom stereocenters. The maximum Gasteiger partial charge on any atom is 0.228 e. The molecule has 0 radical (unpaired) electrons. The van der Waals surface area contributed by atoms with Crippen LogP contribution in [-0.2, 0) is 9.53 Å². The molecule has 2 aliphatic rings. The number of ether oxygens (including phenoxy) is 1. The van der Waals surface area contributed by atoms with Gasteiger partial charge in [0.2, 0.25) is 5.91 Å². The van der Waals surface area contributed by atoms with Crippen molar-refractivity contribution < 1.29 is 13.9 Å². The Bertz CT molecular complexity index is 1800. The lowest BCUT2D eigenvalue weighted by Crippen LogP contribution is -2.38. The van der Waals surface area contributed by atoms with Gasteiger partial charge < -0.3 is 24.3 Å². The summed E-state index contributed by atoms with van der Waals surface area (Å²) in [6.07, 6.45) is 1.98. The Balaban J connectivity index is 1.30. The molecule has 2 aromatic heterocycles. The number of nitrogens with one attached hydrogen (secondary N) is 1. The predicted molar refractivity (Wildman–Crippen MR) is 163 cm³/mol. The first-order valence-electron chi connectivity index (χ1n) is 13.9. The number of carbonyl (C=O) groups is 1. The number of fused-ring (bicyclic) bond motifs is 4. The van der Waals surface area contributed by atoms with Gasteiger partial charge in [0.15, 0.2) is 11.3 Å². The van der Waals surface area contributed by atoms with Gasteiger partial charge in [-0.2, -0.15) is 0 Å². The molecule has 40 heavy (non-hydrogen) atoms. The summed E-state index contributed by atoms with van der Waals surface area (Å²) < 4.78 is 14.2. The highest BCUT2D eigenvalue weighted by Gasteiger charge is 2.24. The maximum atomic E-state index is 13.1. The van der Waals surface area contributed by atoms with Crippen molar-refractivity contribution in [2.24, 2.45) is 5.92 Å². The lowest BCUT2D eigenvalue weighted by molar-refractivity contribution is -0.121. The summed E-state index contributed by atoms with van der Waals surface area (Å²) in [4.78, 5) is 30.4. The number of hydrogen-bond donors (Lipinski definition) is 1. The molecule has 204 valence electrons. The summed E-state index contributed by atoms with van der Waals surface area (Å²) in [5.41, 5.74) is 3.31. The van der Waals surface area contributed by atoms with Crippen molar-refractivity contribution in [2.75, 3.05) is 56.7 Å². The molecule has 1 N–H and O–H groups in total. The first-order chi connectivity index (χ1) is 19.5. The summed E-state index contributed by atoms with van der Waals surface area (Å²) in [5, 5.41) is 5.97. The van der Waals surface area contributed by atoms with E-state index >= 15 is 0 Å². The number of amides is 1. The number of para-hydroxylation sites is 1. The summed E-state index contributed by atoms with van der Waals surface area (Å²) >= 11 is 1.72. The molecule has 0 saturated carbocycles. The normalized spacial score (nSPS) is 18.5. The van der Waals surface area contributed by atoms with Gasteiger partial charge in [-0.15, -0.1) is 11.3 Å². The number of nitrogens with zero attached hydrogens (tertiary/aromatic N) is 2. The van der Waals surface area contributed by atoms with E-state index in [9.17, 15) is 9.59 Å². The predicted octanol–water partition coefficient (Wildman–Crippen LogP) is 5.94. The number of piperidine rings is 1. The molecule has 0 unspecified atom stereocenters. The Morgan fingerprint density at radius 2 is 1.75 bits per heavy atom. The Labute approximate surface area is 235 Å². The second kappa shape index (κ2) is 10.4. The van der Waals surface area contributed by atoms with E-state index in [2.05, 4.69) is 52.5 Å².